The van der Waals surface area contributed by atoms with Crippen molar-refractivity contribution in [2.45, 2.75) is 19.8 Å². The lowest BCUT2D eigenvalue weighted by Crippen LogP contribution is -2.33. The highest BCUT2D eigenvalue weighted by molar-refractivity contribution is 6.38. The van der Waals surface area contributed by atoms with Crippen LogP contribution in [0, 0.1) is 11.8 Å². The molecule has 0 heterocycles. The summed E-state index contributed by atoms with van der Waals surface area (Å²) in [5.74, 6) is -0.597. The summed E-state index contributed by atoms with van der Waals surface area (Å²) in [4.78, 5) is 22.5. The molecule has 0 aromatic carbocycles. The van der Waals surface area contributed by atoms with E-state index in [0.717, 1.165) is 6.42 Å². The van der Waals surface area contributed by atoms with Crippen LogP contribution in [0.15, 0.2) is 12.2 Å². The van der Waals surface area contributed by atoms with Crippen LogP contribution in [-0.4, -0.2) is 18.1 Å². The van der Waals surface area contributed by atoms with Gasteiger partial charge in [0.1, 0.15) is 0 Å². The van der Waals surface area contributed by atoms with Gasteiger partial charge in [-0.05, 0) is 18.8 Å². The summed E-state index contributed by atoms with van der Waals surface area (Å²) in [6, 6.07) is 0. The van der Waals surface area contributed by atoms with Crippen molar-refractivity contribution in [3.05, 3.63) is 12.2 Å². The van der Waals surface area contributed by atoms with Gasteiger partial charge in [0, 0.05) is 5.92 Å². The molecule has 0 bridgehead atoms. The van der Waals surface area contributed by atoms with Crippen LogP contribution in [0.4, 0.5) is 0 Å². The van der Waals surface area contributed by atoms with Crippen LogP contribution < -0.4 is 5.73 Å². The predicted octanol–water partition coefficient (Wildman–Crippen LogP) is 0.686. The molecule has 72 valence electrons. The van der Waals surface area contributed by atoms with Crippen molar-refractivity contribution >= 4 is 11.6 Å². The van der Waals surface area contributed by atoms with E-state index in [4.69, 9.17) is 5.73 Å². The first-order valence-electron chi connectivity index (χ1n) is 4.59. The average molecular weight is 181 g/mol. The van der Waals surface area contributed by atoms with Crippen LogP contribution in [0.2, 0.25) is 0 Å². The fraction of sp³-hybridized carbons (Fsp3) is 0.600. The first-order valence-corrected chi connectivity index (χ1v) is 4.59. The number of carbonyl (C=O) groups is 2. The monoisotopic (exact) mass is 181 g/mol. The van der Waals surface area contributed by atoms with Gasteiger partial charge in [-0.1, -0.05) is 19.1 Å². The minimum Gasteiger partial charge on any atom is -0.324 e. The van der Waals surface area contributed by atoms with Crippen molar-refractivity contribution in [3.63, 3.8) is 0 Å². The third kappa shape index (κ3) is 2.25. The quantitative estimate of drug-likeness (QED) is 0.514. The fourth-order valence-corrected chi connectivity index (χ4v) is 1.62. The topological polar surface area (TPSA) is 60.2 Å². The van der Waals surface area contributed by atoms with Crippen LogP contribution in [0.1, 0.15) is 19.8 Å². The highest BCUT2D eigenvalue weighted by Gasteiger charge is 2.28. The van der Waals surface area contributed by atoms with Gasteiger partial charge in [-0.15, -0.1) is 0 Å². The molecule has 1 aliphatic carbocycles. The Labute approximate surface area is 78.0 Å². The van der Waals surface area contributed by atoms with Crippen molar-refractivity contribution in [3.8, 4) is 0 Å². The minimum atomic E-state index is -0.438. The van der Waals surface area contributed by atoms with E-state index in [9.17, 15) is 9.59 Å². The number of allylic oxidation sites excluding steroid dienone is 2. The minimum absolute atomic E-state index is 0.138. The maximum absolute atomic E-state index is 11.5. The summed E-state index contributed by atoms with van der Waals surface area (Å²) < 4.78 is 0. The van der Waals surface area contributed by atoms with Gasteiger partial charge in [-0.2, -0.15) is 0 Å². The molecule has 0 fully saturated rings. The Morgan fingerprint density at radius 1 is 1.38 bits per heavy atom. The Morgan fingerprint density at radius 3 is 2.54 bits per heavy atom. The molecule has 0 radical (unpaired) electrons. The summed E-state index contributed by atoms with van der Waals surface area (Å²) in [7, 11) is 0. The molecule has 3 heteroatoms. The van der Waals surface area contributed by atoms with Gasteiger partial charge >= 0.3 is 0 Å². The molecule has 0 saturated carbocycles. The fourth-order valence-electron chi connectivity index (χ4n) is 1.62. The van der Waals surface area contributed by atoms with E-state index >= 15 is 0 Å². The van der Waals surface area contributed by atoms with E-state index < -0.39 is 5.78 Å². The Kier molecular flexibility index (Phi) is 3.37. The second-order valence-corrected chi connectivity index (χ2v) is 3.52. The molecule has 13 heavy (non-hydrogen) atoms. The highest BCUT2D eigenvalue weighted by atomic mass is 16.2. The van der Waals surface area contributed by atoms with Gasteiger partial charge in [0.2, 0.25) is 11.6 Å². The maximum atomic E-state index is 11.5. The average Bonchev–Trinajstić information content (AvgIpc) is 2.16. The summed E-state index contributed by atoms with van der Waals surface area (Å²) >= 11 is 0. The summed E-state index contributed by atoms with van der Waals surface area (Å²) in [6.07, 6.45) is 5.59. The molecule has 0 spiro atoms. The van der Waals surface area contributed by atoms with Crippen molar-refractivity contribution in [1.82, 2.24) is 0 Å². The Bertz CT molecular complexity index is 245. The van der Waals surface area contributed by atoms with Gasteiger partial charge < -0.3 is 5.73 Å². The third-order valence-corrected chi connectivity index (χ3v) is 2.55. The zero-order valence-electron chi connectivity index (χ0n) is 7.82. The van der Waals surface area contributed by atoms with Crippen molar-refractivity contribution < 1.29 is 9.59 Å². The Hall–Kier alpha value is -0.960. The van der Waals surface area contributed by atoms with Crippen LogP contribution in [-0.2, 0) is 9.59 Å². The number of ketones is 2. The van der Waals surface area contributed by atoms with Gasteiger partial charge in [0.25, 0.3) is 0 Å². The summed E-state index contributed by atoms with van der Waals surface area (Å²) in [5.41, 5.74) is 5.14. The van der Waals surface area contributed by atoms with E-state index in [-0.39, 0.29) is 24.2 Å². The molecule has 2 N–H and O–H groups in total. The van der Waals surface area contributed by atoms with E-state index in [0.29, 0.717) is 6.42 Å². The number of Topliss-reactive ketones (excluding diaryl/α,β-unsaturated/α-hetero) is 2. The van der Waals surface area contributed by atoms with Gasteiger partial charge in [-0.3, -0.25) is 9.59 Å². The van der Waals surface area contributed by atoms with Crippen molar-refractivity contribution in [2.75, 3.05) is 6.54 Å². The number of hydrogen-bond acceptors (Lipinski definition) is 3. The number of nitrogens with two attached hydrogens (primary N) is 1. The van der Waals surface area contributed by atoms with E-state index in [1.54, 1.807) is 0 Å². The SMILES string of the molecule is CC1CC=CC[C@H]1C(=O)C(=O)CN. The highest BCUT2D eigenvalue weighted by Crippen LogP contribution is 2.25. The first kappa shape index (κ1) is 10.1. The van der Waals surface area contributed by atoms with E-state index in [2.05, 4.69) is 6.08 Å². The maximum Gasteiger partial charge on any atom is 0.212 e. The molecule has 0 aliphatic heterocycles. The van der Waals surface area contributed by atoms with Crippen LogP contribution in [0.25, 0.3) is 0 Å². The molecule has 0 amide bonds. The number of hydrogen-bond donors (Lipinski definition) is 1. The predicted molar refractivity (Wildman–Crippen MR) is 50.1 cm³/mol. The van der Waals surface area contributed by atoms with E-state index in [1.807, 2.05) is 13.0 Å². The summed E-state index contributed by atoms with van der Waals surface area (Å²) in [5, 5.41) is 0. The molecule has 0 aromatic heterocycles. The lowest BCUT2D eigenvalue weighted by Gasteiger charge is -2.22. The smallest absolute Gasteiger partial charge is 0.212 e. The molecule has 1 aliphatic rings. The number of carbonyl (C=O) groups excluding carboxylic acids is 2. The molecule has 1 rings (SSSR count). The molecular formula is C10H15NO2. The molecule has 0 aromatic rings. The lowest BCUT2D eigenvalue weighted by molar-refractivity contribution is -0.139. The number of rotatable bonds is 3. The third-order valence-electron chi connectivity index (χ3n) is 2.55. The second-order valence-electron chi connectivity index (χ2n) is 3.52. The molecule has 1 unspecified atom stereocenters. The van der Waals surface area contributed by atoms with Crippen LogP contribution in [0.5, 0.6) is 0 Å². The van der Waals surface area contributed by atoms with Gasteiger partial charge in [-0.25, -0.2) is 0 Å². The van der Waals surface area contributed by atoms with Crippen molar-refractivity contribution in [2.24, 2.45) is 17.6 Å². The second kappa shape index (κ2) is 4.33. The first-order chi connectivity index (χ1) is 6.16. The van der Waals surface area contributed by atoms with Crippen molar-refractivity contribution in [1.29, 1.82) is 0 Å². The molecular weight excluding hydrogens is 166 g/mol. The zero-order chi connectivity index (χ0) is 9.84. The molecule has 3 nitrogen and oxygen atoms in total. The van der Waals surface area contributed by atoms with Gasteiger partial charge in [0.15, 0.2) is 0 Å². The zero-order valence-corrected chi connectivity index (χ0v) is 7.82. The lowest BCUT2D eigenvalue weighted by atomic mass is 9.80. The van der Waals surface area contributed by atoms with Crippen LogP contribution in [0.3, 0.4) is 0 Å². The van der Waals surface area contributed by atoms with Gasteiger partial charge in [0.05, 0.1) is 6.54 Å². The largest absolute Gasteiger partial charge is 0.324 e. The van der Waals surface area contributed by atoms with Crippen LogP contribution >= 0.6 is 0 Å². The van der Waals surface area contributed by atoms with E-state index in [1.165, 1.54) is 0 Å². The Balaban J connectivity index is 2.65. The Morgan fingerprint density at radius 2 is 2.00 bits per heavy atom. The molecule has 2 atom stereocenters. The summed E-state index contributed by atoms with van der Waals surface area (Å²) in [6.45, 7) is 1.83. The standard InChI is InChI=1S/C10H15NO2/c1-7-4-2-3-5-8(7)10(13)9(12)6-11/h2-3,7-8H,4-6,11H2,1H3/t7?,8-/m1/s1. The molecule has 0 saturated heterocycles. The normalized spacial score (nSPS) is 27.2.